The normalized spacial score (nSPS) is 20.2. The number of ether oxygens (including phenoxy) is 1. The summed E-state index contributed by atoms with van der Waals surface area (Å²) in [6.07, 6.45) is 5.60. The standard InChI is InChI=1S/C29H37FN4O6S/c1-20-7-5-10-22(21-8-3-2-4-9-21)25(20)40-29(13-14-29)26(35)33-41(38,39)24-12-6-11-23(31-24)34-17-15-28(19-30,16-18-34)32-27(36)37/h5-7,10-12,21,32H,2-4,8-9,13-19H2,1H3,(H,33,35)(H,36,37). The molecular weight excluding hydrogens is 551 g/mol. The first kappa shape index (κ1) is 29.1. The molecule has 10 nitrogen and oxygen atoms in total. The lowest BCUT2D eigenvalue weighted by molar-refractivity contribution is -0.128. The number of benzene rings is 1. The Labute approximate surface area is 239 Å². The number of para-hydroxylation sites is 1. The molecular formula is C29H37FN4O6S. The van der Waals surface area contributed by atoms with E-state index >= 15 is 0 Å². The van der Waals surface area contributed by atoms with Crippen LogP contribution < -0.4 is 19.7 Å². The van der Waals surface area contributed by atoms with E-state index in [-0.39, 0.29) is 31.0 Å². The maximum absolute atomic E-state index is 13.7. The van der Waals surface area contributed by atoms with Gasteiger partial charge in [-0.15, -0.1) is 0 Å². The highest BCUT2D eigenvalue weighted by Gasteiger charge is 2.55. The lowest BCUT2D eigenvalue weighted by Gasteiger charge is -2.40. The Morgan fingerprint density at radius 3 is 2.39 bits per heavy atom. The topological polar surface area (TPSA) is 138 Å². The van der Waals surface area contributed by atoms with Crippen molar-refractivity contribution in [2.75, 3.05) is 24.7 Å². The van der Waals surface area contributed by atoms with Gasteiger partial charge in [-0.05, 0) is 61.8 Å². The van der Waals surface area contributed by atoms with E-state index in [1.165, 1.54) is 18.6 Å². The molecule has 1 aromatic heterocycles. The molecule has 0 spiro atoms. The zero-order valence-electron chi connectivity index (χ0n) is 23.2. The Morgan fingerprint density at radius 1 is 1.07 bits per heavy atom. The van der Waals surface area contributed by atoms with Gasteiger partial charge >= 0.3 is 6.09 Å². The summed E-state index contributed by atoms with van der Waals surface area (Å²) in [5.74, 6) is 0.667. The molecule has 5 rings (SSSR count). The molecule has 3 fully saturated rings. The molecule has 0 unspecified atom stereocenters. The lowest BCUT2D eigenvalue weighted by atomic mass is 9.83. The van der Waals surface area contributed by atoms with Crippen molar-refractivity contribution in [2.45, 2.75) is 86.8 Å². The minimum atomic E-state index is -4.31. The number of nitrogens with zero attached hydrogens (tertiary/aromatic N) is 2. The predicted octanol–water partition coefficient (Wildman–Crippen LogP) is 4.43. The lowest BCUT2D eigenvalue weighted by Crippen LogP contribution is -2.56. The molecule has 2 saturated carbocycles. The largest absolute Gasteiger partial charge is 0.477 e. The second-order valence-corrected chi connectivity index (χ2v) is 13.2. The highest BCUT2D eigenvalue weighted by atomic mass is 32.2. The quantitative estimate of drug-likeness (QED) is 0.391. The van der Waals surface area contributed by atoms with Crippen molar-refractivity contribution in [3.63, 3.8) is 0 Å². The molecule has 0 atom stereocenters. The Morgan fingerprint density at radius 2 is 1.76 bits per heavy atom. The molecule has 2 aliphatic carbocycles. The number of carbonyl (C=O) groups excluding carboxylic acids is 1. The highest BCUT2D eigenvalue weighted by Crippen LogP contribution is 2.46. The molecule has 3 N–H and O–H groups in total. The van der Waals surface area contributed by atoms with Crippen molar-refractivity contribution in [3.05, 3.63) is 47.5 Å². The molecule has 1 saturated heterocycles. The van der Waals surface area contributed by atoms with Crippen LogP contribution in [0.1, 0.15) is 74.8 Å². The van der Waals surface area contributed by atoms with E-state index in [1.807, 2.05) is 19.1 Å². The summed E-state index contributed by atoms with van der Waals surface area (Å²) in [6.45, 7) is 1.67. The number of halogens is 1. The third-order valence-corrected chi connectivity index (χ3v) is 9.82. The minimum absolute atomic E-state index is 0.201. The summed E-state index contributed by atoms with van der Waals surface area (Å²) in [7, 11) is -4.31. The minimum Gasteiger partial charge on any atom is -0.477 e. The number of carbonyl (C=O) groups is 2. The van der Waals surface area contributed by atoms with E-state index in [0.717, 1.165) is 36.8 Å². The number of aromatic nitrogens is 1. The highest BCUT2D eigenvalue weighted by molar-refractivity contribution is 7.90. The maximum Gasteiger partial charge on any atom is 0.405 e. The molecule has 2 aromatic rings. The SMILES string of the molecule is Cc1cccc(C2CCCCC2)c1OC1(C(=O)NS(=O)(=O)c2cccc(N3CCC(CF)(NC(=O)O)CC3)n2)CC1. The van der Waals surface area contributed by atoms with Crippen LogP contribution >= 0.6 is 0 Å². The zero-order valence-corrected chi connectivity index (χ0v) is 24.0. The van der Waals surface area contributed by atoms with Gasteiger partial charge in [0.15, 0.2) is 10.6 Å². The number of nitrogens with one attached hydrogen (secondary N) is 2. The van der Waals surface area contributed by atoms with Gasteiger partial charge in [-0.1, -0.05) is 43.5 Å². The summed E-state index contributed by atoms with van der Waals surface area (Å²) >= 11 is 0. The van der Waals surface area contributed by atoms with Crippen LogP contribution in [-0.2, 0) is 14.8 Å². The zero-order chi connectivity index (χ0) is 29.3. The fraction of sp³-hybridized carbons (Fsp3) is 0.552. The molecule has 41 heavy (non-hydrogen) atoms. The van der Waals surface area contributed by atoms with Gasteiger partial charge in [0.05, 0.1) is 5.54 Å². The first-order valence-corrected chi connectivity index (χ1v) is 15.7. The average molecular weight is 589 g/mol. The number of aryl methyl sites for hydroxylation is 1. The van der Waals surface area contributed by atoms with Gasteiger partial charge in [0.25, 0.3) is 15.9 Å². The molecule has 3 aliphatic rings. The third-order valence-electron chi connectivity index (χ3n) is 8.59. The van der Waals surface area contributed by atoms with Crippen molar-refractivity contribution in [1.82, 2.24) is 15.0 Å². The summed E-state index contributed by atoms with van der Waals surface area (Å²) in [5, 5.41) is 11.0. The summed E-state index contributed by atoms with van der Waals surface area (Å²) in [4.78, 5) is 30.5. The van der Waals surface area contributed by atoms with Gasteiger partial charge < -0.3 is 20.1 Å². The Hall–Kier alpha value is -3.41. The van der Waals surface area contributed by atoms with Crippen LogP contribution in [0, 0.1) is 6.92 Å². The molecule has 2 heterocycles. The molecule has 12 heteroatoms. The van der Waals surface area contributed by atoms with Crippen molar-refractivity contribution in [3.8, 4) is 5.75 Å². The smallest absolute Gasteiger partial charge is 0.405 e. The Bertz CT molecular complexity index is 1400. The predicted molar refractivity (Wildman–Crippen MR) is 150 cm³/mol. The van der Waals surface area contributed by atoms with Crippen molar-refractivity contribution < 1.29 is 32.2 Å². The van der Waals surface area contributed by atoms with Crippen LogP contribution in [0.3, 0.4) is 0 Å². The number of pyridine rings is 1. The fourth-order valence-electron chi connectivity index (χ4n) is 5.91. The van der Waals surface area contributed by atoms with Crippen LogP contribution in [0.2, 0.25) is 0 Å². The molecule has 0 radical (unpaired) electrons. The summed E-state index contributed by atoms with van der Waals surface area (Å²) in [5.41, 5.74) is -0.425. The van der Waals surface area contributed by atoms with E-state index in [9.17, 15) is 22.4 Å². The van der Waals surface area contributed by atoms with Crippen LogP contribution in [-0.4, -0.2) is 61.4 Å². The van der Waals surface area contributed by atoms with Crippen molar-refractivity contribution in [1.29, 1.82) is 0 Å². The van der Waals surface area contributed by atoms with E-state index in [4.69, 9.17) is 9.84 Å². The number of amides is 2. The number of rotatable bonds is 9. The molecule has 0 bridgehead atoms. The van der Waals surface area contributed by atoms with Gasteiger partial charge in [-0.3, -0.25) is 4.79 Å². The fourth-order valence-corrected chi connectivity index (χ4v) is 6.92. The number of anilines is 1. The number of hydrogen-bond donors (Lipinski definition) is 3. The van der Waals surface area contributed by atoms with Gasteiger partial charge in [0, 0.05) is 25.9 Å². The maximum atomic E-state index is 13.7. The number of alkyl halides is 1. The first-order chi connectivity index (χ1) is 19.6. The van der Waals surface area contributed by atoms with E-state index in [0.29, 0.717) is 30.3 Å². The summed E-state index contributed by atoms with van der Waals surface area (Å²) < 4.78 is 48.7. The average Bonchev–Trinajstić information content (AvgIpc) is 3.75. The molecule has 222 valence electrons. The van der Waals surface area contributed by atoms with Gasteiger partial charge in [0.1, 0.15) is 18.2 Å². The van der Waals surface area contributed by atoms with E-state index in [2.05, 4.69) is 21.1 Å². The Balaban J connectivity index is 1.28. The number of sulfonamides is 1. The van der Waals surface area contributed by atoms with Crippen molar-refractivity contribution >= 4 is 27.8 Å². The Kier molecular flexibility index (Phi) is 8.13. The number of hydrogen-bond acceptors (Lipinski definition) is 7. The van der Waals surface area contributed by atoms with Crippen LogP contribution in [0.15, 0.2) is 41.4 Å². The first-order valence-electron chi connectivity index (χ1n) is 14.2. The molecule has 2 amide bonds. The summed E-state index contributed by atoms with van der Waals surface area (Å²) in [6, 6.07) is 10.5. The van der Waals surface area contributed by atoms with Crippen LogP contribution in [0.4, 0.5) is 15.0 Å². The monoisotopic (exact) mass is 588 g/mol. The third kappa shape index (κ3) is 6.27. The van der Waals surface area contributed by atoms with Crippen molar-refractivity contribution in [2.24, 2.45) is 0 Å². The van der Waals surface area contributed by atoms with E-state index in [1.54, 1.807) is 11.0 Å². The number of carboxylic acid groups (broad SMARTS) is 1. The van der Waals surface area contributed by atoms with Gasteiger partial charge in [0.2, 0.25) is 0 Å². The second kappa shape index (κ2) is 11.5. The molecule has 1 aliphatic heterocycles. The van der Waals surface area contributed by atoms with Crippen LogP contribution in [0.5, 0.6) is 5.75 Å². The van der Waals surface area contributed by atoms with Crippen LogP contribution in [0.25, 0.3) is 0 Å². The van der Waals surface area contributed by atoms with Gasteiger partial charge in [-0.2, -0.15) is 8.42 Å². The molecule has 1 aromatic carbocycles. The second-order valence-electron chi connectivity index (χ2n) is 11.5. The number of piperidine rings is 1. The van der Waals surface area contributed by atoms with E-state index < -0.39 is 39.8 Å². The van der Waals surface area contributed by atoms with Gasteiger partial charge in [-0.25, -0.2) is 18.9 Å².